The van der Waals surface area contributed by atoms with E-state index in [1.807, 2.05) is 0 Å². The summed E-state index contributed by atoms with van der Waals surface area (Å²) in [5.74, 6) is -2.30. The number of amides is 2. The van der Waals surface area contributed by atoms with Crippen LogP contribution in [0.2, 0.25) is 5.02 Å². The van der Waals surface area contributed by atoms with Crippen LogP contribution in [0.1, 0.15) is 5.56 Å². The molecule has 0 aliphatic carbocycles. The van der Waals surface area contributed by atoms with Crippen LogP contribution in [0.5, 0.6) is 0 Å². The number of likely N-dealkylation sites (N-methyl/N-ethyl adjacent to an activating group) is 1. The molecule has 1 N–H and O–H groups in total. The van der Waals surface area contributed by atoms with Crippen LogP contribution in [0.4, 0.5) is 10.1 Å². The molecule has 8 heteroatoms. The highest BCUT2D eigenvalue weighted by atomic mass is 35.5. The Morgan fingerprint density at radius 2 is 1.82 bits per heavy atom. The molecule has 0 saturated heterocycles. The number of nitrogens with one attached hydrogen (secondary N) is 1. The Balaban J connectivity index is 1.78. The highest BCUT2D eigenvalue weighted by Gasteiger charge is 2.15. The molecule has 0 radical (unpaired) electrons. The lowest BCUT2D eigenvalue weighted by Gasteiger charge is -2.16. The molecule has 0 aliphatic heterocycles. The fraction of sp³-hybridized carbons (Fsp3) is 0.150. The van der Waals surface area contributed by atoms with Crippen molar-refractivity contribution in [2.45, 2.75) is 0 Å². The summed E-state index contributed by atoms with van der Waals surface area (Å²) in [7, 11) is 1.40. The zero-order valence-corrected chi connectivity index (χ0v) is 15.8. The third-order valence-corrected chi connectivity index (χ3v) is 3.93. The van der Waals surface area contributed by atoms with Crippen LogP contribution >= 0.6 is 11.6 Å². The number of carbonyl (C=O) groups excluding carboxylic acids is 3. The lowest BCUT2D eigenvalue weighted by atomic mass is 10.2. The molecule has 0 unspecified atom stereocenters. The smallest absolute Gasteiger partial charge is 0.331 e. The number of ether oxygens (including phenoxy) is 1. The number of carbonyl (C=O) groups is 3. The molecule has 6 nitrogen and oxygen atoms in total. The van der Waals surface area contributed by atoms with Gasteiger partial charge in [0.1, 0.15) is 5.82 Å². The van der Waals surface area contributed by atoms with Gasteiger partial charge in [-0.3, -0.25) is 9.59 Å². The third-order valence-electron chi connectivity index (χ3n) is 3.60. The van der Waals surface area contributed by atoms with Crippen LogP contribution in [0.25, 0.3) is 6.08 Å². The summed E-state index contributed by atoms with van der Waals surface area (Å²) in [6.45, 7) is -0.789. The van der Waals surface area contributed by atoms with Gasteiger partial charge in [-0.1, -0.05) is 41.9 Å². The second-order valence-electron chi connectivity index (χ2n) is 5.74. The zero-order chi connectivity index (χ0) is 20.5. The highest BCUT2D eigenvalue weighted by molar-refractivity contribution is 6.33. The van der Waals surface area contributed by atoms with Crippen molar-refractivity contribution in [3.63, 3.8) is 0 Å². The highest BCUT2D eigenvalue weighted by Crippen LogP contribution is 2.20. The van der Waals surface area contributed by atoms with Crippen molar-refractivity contribution in [1.29, 1.82) is 0 Å². The molecule has 28 heavy (non-hydrogen) atoms. The molecule has 0 fully saturated rings. The van der Waals surface area contributed by atoms with Gasteiger partial charge in [0.2, 0.25) is 5.91 Å². The molecule has 0 aliphatic rings. The van der Waals surface area contributed by atoms with E-state index in [0.717, 1.165) is 11.0 Å². The summed E-state index contributed by atoms with van der Waals surface area (Å²) in [5.41, 5.74) is 0.652. The minimum Gasteiger partial charge on any atom is -0.452 e. The van der Waals surface area contributed by atoms with E-state index in [9.17, 15) is 18.8 Å². The van der Waals surface area contributed by atoms with Gasteiger partial charge in [-0.2, -0.15) is 0 Å². The average Bonchev–Trinajstić information content (AvgIpc) is 2.67. The maximum atomic E-state index is 13.5. The number of esters is 1. The molecule has 0 bridgehead atoms. The number of halogens is 2. The normalized spacial score (nSPS) is 10.5. The number of anilines is 1. The van der Waals surface area contributed by atoms with Gasteiger partial charge in [-0.25, -0.2) is 9.18 Å². The second kappa shape index (κ2) is 10.2. The minimum atomic E-state index is -0.800. The molecule has 0 atom stereocenters. The third kappa shape index (κ3) is 6.51. The minimum absolute atomic E-state index is 0.221. The van der Waals surface area contributed by atoms with E-state index in [2.05, 4.69) is 5.32 Å². The van der Waals surface area contributed by atoms with Crippen molar-refractivity contribution < 1.29 is 23.5 Å². The Hall–Kier alpha value is -3.19. The van der Waals surface area contributed by atoms with Gasteiger partial charge < -0.3 is 15.0 Å². The fourth-order valence-electron chi connectivity index (χ4n) is 2.12. The van der Waals surface area contributed by atoms with E-state index in [-0.39, 0.29) is 12.1 Å². The van der Waals surface area contributed by atoms with Crippen LogP contribution in [0, 0.1) is 5.82 Å². The summed E-state index contributed by atoms with van der Waals surface area (Å²) < 4.78 is 18.3. The van der Waals surface area contributed by atoms with Gasteiger partial charge in [0.05, 0.1) is 17.3 Å². The van der Waals surface area contributed by atoms with Crippen LogP contribution in [-0.2, 0) is 19.1 Å². The van der Waals surface area contributed by atoms with Crippen LogP contribution in [0.3, 0.4) is 0 Å². The molecule has 0 aromatic heterocycles. The Morgan fingerprint density at radius 1 is 1.14 bits per heavy atom. The Kier molecular flexibility index (Phi) is 7.71. The molecule has 2 aromatic carbocycles. The van der Waals surface area contributed by atoms with Gasteiger partial charge in [0, 0.05) is 18.7 Å². The van der Waals surface area contributed by atoms with Gasteiger partial charge in [-0.05, 0) is 24.3 Å². The molecular weight excluding hydrogens is 387 g/mol. The number of hydrogen-bond acceptors (Lipinski definition) is 4. The number of hydrogen-bond donors (Lipinski definition) is 1. The lowest BCUT2D eigenvalue weighted by Crippen LogP contribution is -2.37. The predicted octanol–water partition coefficient (Wildman–Crippen LogP) is 3.13. The zero-order valence-electron chi connectivity index (χ0n) is 15.0. The number of benzene rings is 2. The van der Waals surface area contributed by atoms with Crippen LogP contribution in [-0.4, -0.2) is 42.9 Å². The van der Waals surface area contributed by atoms with Crippen molar-refractivity contribution in [3.8, 4) is 0 Å². The maximum absolute atomic E-state index is 13.5. The first-order valence-corrected chi connectivity index (χ1v) is 8.62. The summed E-state index contributed by atoms with van der Waals surface area (Å²) in [5, 5.41) is 2.96. The summed E-state index contributed by atoms with van der Waals surface area (Å²) in [6, 6.07) is 12.6. The largest absolute Gasteiger partial charge is 0.452 e. The average molecular weight is 405 g/mol. The molecule has 146 valence electrons. The maximum Gasteiger partial charge on any atom is 0.331 e. The summed E-state index contributed by atoms with van der Waals surface area (Å²) in [6.07, 6.45) is 2.28. The van der Waals surface area contributed by atoms with E-state index >= 15 is 0 Å². The van der Waals surface area contributed by atoms with Crippen molar-refractivity contribution >= 4 is 41.1 Å². The van der Waals surface area contributed by atoms with Crippen LogP contribution in [0.15, 0.2) is 54.6 Å². The Labute approximate surface area is 166 Å². The second-order valence-corrected chi connectivity index (χ2v) is 6.15. The fourth-order valence-corrected chi connectivity index (χ4v) is 2.30. The van der Waals surface area contributed by atoms with Gasteiger partial charge in [0.25, 0.3) is 5.91 Å². The predicted molar refractivity (Wildman–Crippen MR) is 104 cm³/mol. The lowest BCUT2D eigenvalue weighted by molar-refractivity contribution is -0.148. The molecule has 0 heterocycles. The first-order valence-electron chi connectivity index (χ1n) is 8.24. The molecule has 2 amide bonds. The van der Waals surface area contributed by atoms with E-state index in [1.165, 1.54) is 31.3 Å². The van der Waals surface area contributed by atoms with E-state index < -0.39 is 30.2 Å². The molecule has 2 rings (SSSR count). The van der Waals surface area contributed by atoms with Crippen LogP contribution < -0.4 is 5.32 Å². The summed E-state index contributed by atoms with van der Waals surface area (Å²) >= 11 is 5.95. The van der Waals surface area contributed by atoms with Crippen molar-refractivity contribution in [2.24, 2.45) is 0 Å². The van der Waals surface area contributed by atoms with E-state index in [4.69, 9.17) is 16.3 Å². The number of para-hydroxylation sites is 1. The molecular formula is C20H18ClFN2O4. The number of rotatable bonds is 7. The van der Waals surface area contributed by atoms with Gasteiger partial charge >= 0.3 is 5.97 Å². The van der Waals surface area contributed by atoms with Crippen molar-refractivity contribution in [2.75, 3.05) is 25.5 Å². The van der Waals surface area contributed by atoms with Gasteiger partial charge in [-0.15, -0.1) is 0 Å². The Morgan fingerprint density at radius 3 is 2.54 bits per heavy atom. The number of nitrogens with zero attached hydrogens (tertiary/aromatic N) is 1. The molecule has 0 spiro atoms. The van der Waals surface area contributed by atoms with Crippen molar-refractivity contribution in [3.05, 3.63) is 71.0 Å². The Bertz CT molecular complexity index is 901. The van der Waals surface area contributed by atoms with Gasteiger partial charge in [0.15, 0.2) is 6.61 Å². The standard InChI is InChI=1S/C20H18ClFN2O4/c1-24(12-18(25)23-17-9-5-3-7-15(17)21)19(26)13-28-20(27)11-10-14-6-2-4-8-16(14)22/h2-11H,12-13H2,1H3,(H,23,25)/b11-10+. The molecule has 0 saturated carbocycles. The SMILES string of the molecule is CN(CC(=O)Nc1ccccc1Cl)C(=O)COC(=O)/C=C/c1ccccc1F. The van der Waals surface area contributed by atoms with Crippen molar-refractivity contribution in [1.82, 2.24) is 4.90 Å². The monoisotopic (exact) mass is 404 g/mol. The first-order chi connectivity index (χ1) is 13.4. The quantitative estimate of drug-likeness (QED) is 0.568. The topological polar surface area (TPSA) is 75.7 Å². The molecule has 2 aromatic rings. The van der Waals surface area contributed by atoms with E-state index in [0.29, 0.717) is 10.7 Å². The summed E-state index contributed by atoms with van der Waals surface area (Å²) in [4.78, 5) is 36.8. The first kappa shape index (κ1) is 21.1. The van der Waals surface area contributed by atoms with E-state index in [1.54, 1.807) is 30.3 Å².